The van der Waals surface area contributed by atoms with E-state index in [0.717, 1.165) is 5.56 Å². The first-order valence-electron chi connectivity index (χ1n) is 5.41. The Hall–Kier alpha value is -2.36. The largest absolute Gasteiger partial charge is 0.301 e. The van der Waals surface area contributed by atoms with E-state index in [-0.39, 0.29) is 5.56 Å². The Kier molecular flexibility index (Phi) is 2.26. The van der Waals surface area contributed by atoms with Crippen LogP contribution in [0.4, 0.5) is 0 Å². The molecule has 84 valence electrons. The van der Waals surface area contributed by atoms with Gasteiger partial charge in [-0.3, -0.25) is 4.79 Å². The minimum atomic E-state index is -0.0682. The second-order valence-corrected chi connectivity index (χ2v) is 3.88. The molecule has 3 rings (SSSR count). The molecule has 2 heterocycles. The van der Waals surface area contributed by atoms with Gasteiger partial charge in [-0.25, -0.2) is 4.68 Å². The summed E-state index contributed by atoms with van der Waals surface area (Å²) in [6.07, 6.45) is 3.47. The highest BCUT2D eigenvalue weighted by atomic mass is 16.1. The lowest BCUT2D eigenvalue weighted by Crippen LogP contribution is -2.24. The summed E-state index contributed by atoms with van der Waals surface area (Å²) in [6.45, 7) is 0.501. The molecule has 0 aliphatic rings. The van der Waals surface area contributed by atoms with Crippen LogP contribution < -0.4 is 5.56 Å². The van der Waals surface area contributed by atoms with Crippen LogP contribution in [0.15, 0.2) is 59.8 Å². The van der Waals surface area contributed by atoms with Crippen molar-refractivity contribution in [2.24, 2.45) is 0 Å². The molecule has 0 saturated heterocycles. The minimum Gasteiger partial charge on any atom is -0.301 e. The minimum absolute atomic E-state index is 0.0682. The SMILES string of the molecule is O=c1c2cccn2cnn1Cc1ccccc1. The van der Waals surface area contributed by atoms with E-state index in [1.807, 2.05) is 42.6 Å². The van der Waals surface area contributed by atoms with Gasteiger partial charge in [-0.15, -0.1) is 0 Å². The number of hydrogen-bond donors (Lipinski definition) is 0. The lowest BCUT2D eigenvalue weighted by atomic mass is 10.2. The number of aromatic nitrogens is 3. The second kappa shape index (κ2) is 3.90. The fourth-order valence-electron chi connectivity index (χ4n) is 1.85. The smallest absolute Gasteiger partial charge is 0.291 e. The van der Waals surface area contributed by atoms with Gasteiger partial charge in [0.1, 0.15) is 11.8 Å². The van der Waals surface area contributed by atoms with Crippen LogP contribution in [0.3, 0.4) is 0 Å². The van der Waals surface area contributed by atoms with Crippen molar-refractivity contribution in [2.75, 3.05) is 0 Å². The zero-order valence-corrected chi connectivity index (χ0v) is 9.15. The van der Waals surface area contributed by atoms with E-state index in [0.29, 0.717) is 12.1 Å². The third-order valence-electron chi connectivity index (χ3n) is 2.72. The maximum atomic E-state index is 12.1. The third kappa shape index (κ3) is 1.73. The summed E-state index contributed by atoms with van der Waals surface area (Å²) in [6, 6.07) is 13.5. The molecule has 1 aromatic carbocycles. The van der Waals surface area contributed by atoms with Crippen LogP contribution in [0.1, 0.15) is 5.56 Å². The molecule has 0 N–H and O–H groups in total. The number of nitrogens with zero attached hydrogens (tertiary/aromatic N) is 3. The highest BCUT2D eigenvalue weighted by Gasteiger charge is 2.03. The molecule has 4 heteroatoms. The molecule has 0 spiro atoms. The van der Waals surface area contributed by atoms with Crippen LogP contribution >= 0.6 is 0 Å². The summed E-state index contributed by atoms with van der Waals surface area (Å²) in [5.74, 6) is 0. The third-order valence-corrected chi connectivity index (χ3v) is 2.72. The van der Waals surface area contributed by atoms with Gasteiger partial charge < -0.3 is 4.40 Å². The van der Waals surface area contributed by atoms with Crippen molar-refractivity contribution in [3.63, 3.8) is 0 Å². The average molecular weight is 225 g/mol. The number of hydrogen-bond acceptors (Lipinski definition) is 2. The van der Waals surface area contributed by atoms with Crippen molar-refractivity contribution in [3.8, 4) is 0 Å². The van der Waals surface area contributed by atoms with E-state index in [1.165, 1.54) is 4.68 Å². The first kappa shape index (κ1) is 9.84. The molecule has 0 bridgehead atoms. The topological polar surface area (TPSA) is 39.3 Å². The molecular formula is C13H11N3O. The first-order chi connectivity index (χ1) is 8.34. The fourth-order valence-corrected chi connectivity index (χ4v) is 1.85. The Labute approximate surface area is 97.8 Å². The van der Waals surface area contributed by atoms with Crippen LogP contribution in [0.2, 0.25) is 0 Å². The monoisotopic (exact) mass is 225 g/mol. The van der Waals surface area contributed by atoms with Gasteiger partial charge in [0.25, 0.3) is 5.56 Å². The van der Waals surface area contributed by atoms with Gasteiger partial charge in [0, 0.05) is 6.20 Å². The maximum absolute atomic E-state index is 12.1. The Bertz CT molecular complexity index is 697. The van der Waals surface area contributed by atoms with Gasteiger partial charge in [0.05, 0.1) is 6.54 Å². The molecule has 3 aromatic rings. The van der Waals surface area contributed by atoms with Crippen LogP contribution in [0.25, 0.3) is 5.52 Å². The molecule has 0 unspecified atom stereocenters. The van der Waals surface area contributed by atoms with Crippen LogP contribution in [0.5, 0.6) is 0 Å². The molecule has 0 aliphatic carbocycles. The summed E-state index contributed by atoms with van der Waals surface area (Å²) in [5.41, 5.74) is 1.65. The predicted molar refractivity (Wildman–Crippen MR) is 65.0 cm³/mol. The molecule has 0 fully saturated rings. The van der Waals surface area contributed by atoms with Crippen LogP contribution in [0, 0.1) is 0 Å². The second-order valence-electron chi connectivity index (χ2n) is 3.88. The molecule has 4 nitrogen and oxygen atoms in total. The Balaban J connectivity index is 2.07. The average Bonchev–Trinajstić information content (AvgIpc) is 2.83. The Morgan fingerprint density at radius 1 is 1.06 bits per heavy atom. The van der Waals surface area contributed by atoms with Gasteiger partial charge in [0.15, 0.2) is 0 Å². The number of benzene rings is 1. The van der Waals surface area contributed by atoms with Crippen molar-refractivity contribution in [1.29, 1.82) is 0 Å². The molecule has 0 aliphatic heterocycles. The summed E-state index contributed by atoms with van der Waals surface area (Å²) in [5, 5.41) is 4.14. The molecule has 2 aromatic heterocycles. The van der Waals surface area contributed by atoms with Gasteiger partial charge in [0.2, 0.25) is 0 Å². The standard InChI is InChI=1S/C13H11N3O/c17-13-12-7-4-8-15(12)10-14-16(13)9-11-5-2-1-3-6-11/h1-8,10H,9H2. The molecule has 0 amide bonds. The summed E-state index contributed by atoms with van der Waals surface area (Å²) in [4.78, 5) is 12.1. The highest BCUT2D eigenvalue weighted by molar-refractivity contribution is 5.44. The predicted octanol–water partition coefficient (Wildman–Crippen LogP) is 1.54. The normalized spacial score (nSPS) is 10.8. The van der Waals surface area contributed by atoms with E-state index in [1.54, 1.807) is 16.8 Å². The Morgan fingerprint density at radius 2 is 1.88 bits per heavy atom. The van der Waals surface area contributed by atoms with Gasteiger partial charge >= 0.3 is 0 Å². The molecule has 0 saturated carbocycles. The molecule has 0 radical (unpaired) electrons. The highest BCUT2D eigenvalue weighted by Crippen LogP contribution is 2.01. The molecule has 0 atom stereocenters. The van der Waals surface area contributed by atoms with Crippen molar-refractivity contribution < 1.29 is 0 Å². The summed E-state index contributed by atoms with van der Waals surface area (Å²) in [7, 11) is 0. The quantitative estimate of drug-likeness (QED) is 0.663. The van der Waals surface area contributed by atoms with Crippen molar-refractivity contribution in [2.45, 2.75) is 6.54 Å². The maximum Gasteiger partial charge on any atom is 0.291 e. The van der Waals surface area contributed by atoms with Crippen molar-refractivity contribution >= 4 is 5.52 Å². The van der Waals surface area contributed by atoms with E-state index < -0.39 is 0 Å². The first-order valence-corrected chi connectivity index (χ1v) is 5.41. The number of rotatable bonds is 2. The molecular weight excluding hydrogens is 214 g/mol. The number of fused-ring (bicyclic) bond motifs is 1. The summed E-state index contributed by atoms with van der Waals surface area (Å²) < 4.78 is 3.20. The van der Waals surface area contributed by atoms with Gasteiger partial charge in [-0.05, 0) is 17.7 Å². The van der Waals surface area contributed by atoms with Crippen molar-refractivity contribution in [1.82, 2.24) is 14.2 Å². The van der Waals surface area contributed by atoms with Crippen LogP contribution in [-0.4, -0.2) is 14.2 Å². The fraction of sp³-hybridized carbons (Fsp3) is 0.0769. The van der Waals surface area contributed by atoms with Crippen molar-refractivity contribution in [3.05, 3.63) is 70.9 Å². The van der Waals surface area contributed by atoms with E-state index in [2.05, 4.69) is 5.10 Å². The zero-order chi connectivity index (χ0) is 11.7. The lowest BCUT2D eigenvalue weighted by molar-refractivity contribution is 0.628. The molecule has 17 heavy (non-hydrogen) atoms. The summed E-state index contributed by atoms with van der Waals surface area (Å²) >= 11 is 0. The van der Waals surface area contributed by atoms with E-state index >= 15 is 0 Å². The van der Waals surface area contributed by atoms with E-state index in [4.69, 9.17) is 0 Å². The van der Waals surface area contributed by atoms with Gasteiger partial charge in [-0.1, -0.05) is 30.3 Å². The van der Waals surface area contributed by atoms with Gasteiger partial charge in [-0.2, -0.15) is 5.10 Å². The lowest BCUT2D eigenvalue weighted by Gasteiger charge is -2.04. The Morgan fingerprint density at radius 3 is 2.71 bits per heavy atom. The zero-order valence-electron chi connectivity index (χ0n) is 9.15. The van der Waals surface area contributed by atoms with E-state index in [9.17, 15) is 4.79 Å². The van der Waals surface area contributed by atoms with Crippen LogP contribution in [-0.2, 0) is 6.54 Å².